The van der Waals surface area contributed by atoms with Gasteiger partial charge in [0.25, 0.3) is 0 Å². The van der Waals surface area contributed by atoms with Crippen LogP contribution < -0.4 is 15.8 Å². The number of aliphatic hydroxyl groups excluding tert-OH is 1. The van der Waals surface area contributed by atoms with E-state index in [0.29, 0.717) is 17.4 Å². The van der Waals surface area contributed by atoms with Gasteiger partial charge in [-0.15, -0.1) is 0 Å². The predicted octanol–water partition coefficient (Wildman–Crippen LogP) is 1.03. The van der Waals surface area contributed by atoms with E-state index in [1.807, 2.05) is 0 Å². The minimum Gasteiger partial charge on any atom is -0.479 e. The van der Waals surface area contributed by atoms with E-state index in [2.05, 4.69) is 15.3 Å². The van der Waals surface area contributed by atoms with Crippen LogP contribution in [0, 0.1) is 5.92 Å². The molecule has 0 aliphatic heterocycles. The highest BCUT2D eigenvalue weighted by molar-refractivity contribution is 5.66. The quantitative estimate of drug-likeness (QED) is 0.741. The number of aromatic nitrogens is 2. The number of aliphatic hydroxyl groups is 1. The molecule has 0 amide bonds. The fourth-order valence-electron chi connectivity index (χ4n) is 2.45. The fraction of sp³-hybridized carbons (Fsp3) is 0.667. The molecule has 2 atom stereocenters. The maximum Gasteiger partial charge on any atom is 0.242 e. The van der Waals surface area contributed by atoms with E-state index >= 15 is 0 Å². The Morgan fingerprint density at radius 1 is 1.44 bits per heavy atom. The van der Waals surface area contributed by atoms with Crippen LogP contribution in [0.4, 0.5) is 11.5 Å². The van der Waals surface area contributed by atoms with Gasteiger partial charge in [0.2, 0.25) is 5.88 Å². The molecule has 1 fully saturated rings. The zero-order chi connectivity index (χ0) is 13.0. The van der Waals surface area contributed by atoms with Gasteiger partial charge in [-0.1, -0.05) is 12.8 Å². The SMILES string of the molecule is COc1ncnc(NC2CCCCC2CO)c1N. The van der Waals surface area contributed by atoms with Gasteiger partial charge in [0.05, 0.1) is 7.11 Å². The molecule has 6 nitrogen and oxygen atoms in total. The van der Waals surface area contributed by atoms with Gasteiger partial charge in [-0.3, -0.25) is 0 Å². The van der Waals surface area contributed by atoms with E-state index < -0.39 is 0 Å². The van der Waals surface area contributed by atoms with Gasteiger partial charge in [-0.25, -0.2) is 4.98 Å². The molecule has 18 heavy (non-hydrogen) atoms. The molecule has 100 valence electrons. The minimum absolute atomic E-state index is 0.194. The number of ether oxygens (including phenoxy) is 1. The molecule has 1 heterocycles. The van der Waals surface area contributed by atoms with Gasteiger partial charge in [0.1, 0.15) is 12.0 Å². The molecular weight excluding hydrogens is 232 g/mol. The second-order valence-corrected chi connectivity index (χ2v) is 4.62. The average molecular weight is 252 g/mol. The Morgan fingerprint density at radius 3 is 2.94 bits per heavy atom. The average Bonchev–Trinajstić information content (AvgIpc) is 2.42. The van der Waals surface area contributed by atoms with E-state index in [1.165, 1.54) is 19.9 Å². The van der Waals surface area contributed by atoms with Crippen LogP contribution in [0.5, 0.6) is 5.88 Å². The van der Waals surface area contributed by atoms with Gasteiger partial charge >= 0.3 is 0 Å². The number of hydrogen-bond donors (Lipinski definition) is 3. The summed E-state index contributed by atoms with van der Waals surface area (Å²) in [6.45, 7) is 0.194. The van der Waals surface area contributed by atoms with Crippen LogP contribution >= 0.6 is 0 Å². The molecule has 0 spiro atoms. The Balaban J connectivity index is 2.12. The van der Waals surface area contributed by atoms with E-state index in [0.717, 1.165) is 19.3 Å². The number of nitrogens with one attached hydrogen (secondary N) is 1. The number of nitrogen functional groups attached to an aromatic ring is 1. The number of nitrogens with zero attached hydrogens (tertiary/aromatic N) is 2. The largest absolute Gasteiger partial charge is 0.479 e. The topological polar surface area (TPSA) is 93.3 Å². The highest BCUT2D eigenvalue weighted by Gasteiger charge is 2.25. The van der Waals surface area contributed by atoms with Crippen LogP contribution in [0.15, 0.2) is 6.33 Å². The van der Waals surface area contributed by atoms with Crippen molar-refractivity contribution in [2.45, 2.75) is 31.7 Å². The van der Waals surface area contributed by atoms with Crippen molar-refractivity contribution >= 4 is 11.5 Å². The third kappa shape index (κ3) is 2.64. The van der Waals surface area contributed by atoms with Crippen molar-refractivity contribution in [3.8, 4) is 5.88 Å². The first-order valence-corrected chi connectivity index (χ1v) is 6.28. The molecule has 1 saturated carbocycles. The van der Waals surface area contributed by atoms with E-state index in [4.69, 9.17) is 10.5 Å². The molecule has 2 rings (SSSR count). The lowest BCUT2D eigenvalue weighted by Crippen LogP contribution is -2.34. The van der Waals surface area contributed by atoms with Crippen LogP contribution in [-0.4, -0.2) is 34.8 Å². The van der Waals surface area contributed by atoms with Crippen molar-refractivity contribution in [3.63, 3.8) is 0 Å². The molecule has 0 saturated heterocycles. The molecule has 6 heteroatoms. The molecule has 1 aromatic heterocycles. The van der Waals surface area contributed by atoms with Crippen molar-refractivity contribution < 1.29 is 9.84 Å². The lowest BCUT2D eigenvalue weighted by atomic mass is 9.85. The van der Waals surface area contributed by atoms with Crippen molar-refractivity contribution in [1.29, 1.82) is 0 Å². The van der Waals surface area contributed by atoms with Gasteiger partial charge < -0.3 is 20.9 Å². The van der Waals surface area contributed by atoms with Crippen LogP contribution in [0.3, 0.4) is 0 Å². The summed E-state index contributed by atoms with van der Waals surface area (Å²) in [5, 5.41) is 12.7. The Hall–Kier alpha value is -1.56. The lowest BCUT2D eigenvalue weighted by Gasteiger charge is -2.31. The summed E-state index contributed by atoms with van der Waals surface area (Å²) in [6.07, 6.45) is 5.82. The standard InChI is InChI=1S/C12H20N4O2/c1-18-12-10(13)11(14-7-15-12)16-9-5-3-2-4-8(9)6-17/h7-9,17H,2-6,13H2,1H3,(H,14,15,16). The molecule has 4 N–H and O–H groups in total. The number of hydrogen-bond acceptors (Lipinski definition) is 6. The van der Waals surface area contributed by atoms with E-state index in [9.17, 15) is 5.11 Å². The van der Waals surface area contributed by atoms with Gasteiger partial charge in [-0.2, -0.15) is 4.98 Å². The summed E-state index contributed by atoms with van der Waals surface area (Å²) in [7, 11) is 1.53. The third-order valence-electron chi connectivity index (χ3n) is 3.51. The Labute approximate surface area is 107 Å². The molecule has 0 aromatic carbocycles. The van der Waals surface area contributed by atoms with Crippen molar-refractivity contribution in [2.75, 3.05) is 24.8 Å². The normalized spacial score (nSPS) is 23.7. The minimum atomic E-state index is 0.194. The molecule has 1 aliphatic carbocycles. The molecule has 1 aromatic rings. The molecule has 0 bridgehead atoms. The van der Waals surface area contributed by atoms with Crippen LogP contribution in [-0.2, 0) is 0 Å². The summed E-state index contributed by atoms with van der Waals surface area (Å²) in [5.41, 5.74) is 6.34. The Kier molecular flexibility index (Phi) is 4.19. The zero-order valence-electron chi connectivity index (χ0n) is 10.6. The first kappa shape index (κ1) is 12.9. The Bertz CT molecular complexity index is 400. The third-order valence-corrected chi connectivity index (χ3v) is 3.51. The first-order valence-electron chi connectivity index (χ1n) is 6.28. The zero-order valence-corrected chi connectivity index (χ0v) is 10.6. The number of anilines is 2. The molecule has 2 unspecified atom stereocenters. The van der Waals surface area contributed by atoms with Gasteiger partial charge in [-0.05, 0) is 12.8 Å². The highest BCUT2D eigenvalue weighted by Crippen LogP contribution is 2.30. The summed E-state index contributed by atoms with van der Waals surface area (Å²) in [5.74, 6) is 1.23. The Morgan fingerprint density at radius 2 is 2.22 bits per heavy atom. The van der Waals surface area contributed by atoms with Crippen molar-refractivity contribution in [3.05, 3.63) is 6.33 Å². The second kappa shape index (κ2) is 5.86. The van der Waals surface area contributed by atoms with Gasteiger partial charge in [0.15, 0.2) is 5.82 Å². The number of nitrogens with two attached hydrogens (primary N) is 1. The maximum atomic E-state index is 9.38. The molecular formula is C12H20N4O2. The summed E-state index contributed by atoms with van der Waals surface area (Å²) in [6, 6.07) is 0.214. The monoisotopic (exact) mass is 252 g/mol. The number of rotatable bonds is 4. The number of methoxy groups -OCH3 is 1. The summed E-state index contributed by atoms with van der Waals surface area (Å²) in [4.78, 5) is 8.08. The van der Waals surface area contributed by atoms with E-state index in [1.54, 1.807) is 0 Å². The molecule has 1 aliphatic rings. The van der Waals surface area contributed by atoms with Crippen molar-refractivity contribution in [1.82, 2.24) is 9.97 Å². The predicted molar refractivity (Wildman–Crippen MR) is 69.5 cm³/mol. The molecule has 0 radical (unpaired) electrons. The fourth-order valence-corrected chi connectivity index (χ4v) is 2.45. The highest BCUT2D eigenvalue weighted by atomic mass is 16.5. The lowest BCUT2D eigenvalue weighted by molar-refractivity contribution is 0.178. The van der Waals surface area contributed by atoms with Gasteiger partial charge in [0, 0.05) is 18.6 Å². The second-order valence-electron chi connectivity index (χ2n) is 4.62. The van der Waals surface area contributed by atoms with Crippen molar-refractivity contribution in [2.24, 2.45) is 5.92 Å². The van der Waals surface area contributed by atoms with E-state index in [-0.39, 0.29) is 18.6 Å². The maximum absolute atomic E-state index is 9.38. The smallest absolute Gasteiger partial charge is 0.242 e. The summed E-state index contributed by atoms with van der Waals surface area (Å²) < 4.78 is 5.06. The first-order chi connectivity index (χ1) is 8.76. The van der Waals surface area contributed by atoms with Crippen LogP contribution in [0.2, 0.25) is 0 Å². The van der Waals surface area contributed by atoms with Crippen LogP contribution in [0.25, 0.3) is 0 Å². The van der Waals surface area contributed by atoms with Crippen LogP contribution in [0.1, 0.15) is 25.7 Å². The summed E-state index contributed by atoms with van der Waals surface area (Å²) >= 11 is 0.